The molecule has 0 aromatic rings. The largest absolute Gasteiger partial charge is 0.462 e. The highest BCUT2D eigenvalue weighted by molar-refractivity contribution is 5.83. The number of aliphatic hydroxyl groups is 1. The van der Waals surface area contributed by atoms with Gasteiger partial charge in [0.15, 0.2) is 0 Å². The number of aldehydes is 1. The molecule has 0 unspecified atom stereocenters. The normalized spacial score (nSPS) is 19.5. The van der Waals surface area contributed by atoms with Gasteiger partial charge in [0.2, 0.25) is 5.79 Å². The standard InChI is InChI=1S/C22H36O8/c1-6-7-17(13-18(27-5)10-15(2)8-9-23)28-20(25)12-16(24)11-19-14-21(26)30-22(3,4)29-19/h9,14-18,24H,6-8,10-13H2,1-5H3/t15-,16-,17+,18+/m1/s1. The van der Waals surface area contributed by atoms with Crippen LogP contribution in [0.25, 0.3) is 0 Å². The summed E-state index contributed by atoms with van der Waals surface area (Å²) in [5, 5.41) is 10.2. The van der Waals surface area contributed by atoms with Gasteiger partial charge >= 0.3 is 11.9 Å². The molecule has 0 bridgehead atoms. The van der Waals surface area contributed by atoms with Gasteiger partial charge in [-0.15, -0.1) is 0 Å². The van der Waals surface area contributed by atoms with Crippen LogP contribution in [0.2, 0.25) is 0 Å². The van der Waals surface area contributed by atoms with E-state index in [1.165, 1.54) is 6.08 Å². The number of carbonyl (C=O) groups is 3. The summed E-state index contributed by atoms with van der Waals surface area (Å²) in [7, 11) is 1.61. The lowest BCUT2D eigenvalue weighted by Crippen LogP contribution is -2.35. The van der Waals surface area contributed by atoms with Gasteiger partial charge in [-0.3, -0.25) is 4.79 Å². The van der Waals surface area contributed by atoms with Crippen LogP contribution in [0.4, 0.5) is 0 Å². The molecule has 0 fully saturated rings. The number of rotatable bonds is 14. The van der Waals surface area contributed by atoms with E-state index in [1.807, 2.05) is 13.8 Å². The summed E-state index contributed by atoms with van der Waals surface area (Å²) in [4.78, 5) is 34.6. The van der Waals surface area contributed by atoms with Crippen molar-refractivity contribution in [2.75, 3.05) is 7.11 Å². The van der Waals surface area contributed by atoms with Gasteiger partial charge in [-0.1, -0.05) is 20.3 Å². The van der Waals surface area contributed by atoms with E-state index in [1.54, 1.807) is 21.0 Å². The van der Waals surface area contributed by atoms with E-state index in [9.17, 15) is 19.5 Å². The third-order valence-electron chi connectivity index (χ3n) is 4.77. The molecule has 172 valence electrons. The topological polar surface area (TPSA) is 108 Å². The maximum absolute atomic E-state index is 12.3. The summed E-state index contributed by atoms with van der Waals surface area (Å²) in [6.45, 7) is 7.17. The first-order chi connectivity index (χ1) is 14.1. The fourth-order valence-corrected chi connectivity index (χ4v) is 3.44. The van der Waals surface area contributed by atoms with Crippen LogP contribution < -0.4 is 0 Å². The highest BCUT2D eigenvalue weighted by Gasteiger charge is 2.31. The lowest BCUT2D eigenvalue weighted by atomic mass is 9.96. The Morgan fingerprint density at radius 3 is 2.53 bits per heavy atom. The molecule has 0 amide bonds. The highest BCUT2D eigenvalue weighted by atomic mass is 16.7. The Kier molecular flexibility index (Phi) is 11.0. The summed E-state index contributed by atoms with van der Waals surface area (Å²) in [5.74, 6) is -1.72. The molecule has 1 heterocycles. The molecule has 1 aliphatic heterocycles. The van der Waals surface area contributed by atoms with Gasteiger partial charge in [-0.2, -0.15) is 0 Å². The van der Waals surface area contributed by atoms with E-state index < -0.39 is 23.8 Å². The van der Waals surface area contributed by atoms with Crippen molar-refractivity contribution in [1.82, 2.24) is 0 Å². The average Bonchev–Trinajstić information content (AvgIpc) is 2.59. The predicted molar refractivity (Wildman–Crippen MR) is 109 cm³/mol. The molecule has 1 N–H and O–H groups in total. The van der Waals surface area contributed by atoms with E-state index in [0.29, 0.717) is 25.7 Å². The van der Waals surface area contributed by atoms with Gasteiger partial charge in [-0.05, 0) is 18.8 Å². The first-order valence-electron chi connectivity index (χ1n) is 10.5. The van der Waals surface area contributed by atoms with Crippen molar-refractivity contribution in [3.8, 4) is 0 Å². The minimum absolute atomic E-state index is 0.00990. The van der Waals surface area contributed by atoms with Crippen molar-refractivity contribution in [2.45, 2.75) is 96.7 Å². The molecule has 0 saturated carbocycles. The number of methoxy groups -OCH3 is 1. The molecule has 0 aromatic heterocycles. The van der Waals surface area contributed by atoms with Crippen molar-refractivity contribution in [2.24, 2.45) is 5.92 Å². The molecule has 0 radical (unpaired) electrons. The molecule has 0 aromatic carbocycles. The van der Waals surface area contributed by atoms with Gasteiger partial charge in [0, 0.05) is 40.2 Å². The summed E-state index contributed by atoms with van der Waals surface area (Å²) >= 11 is 0. The Balaban J connectivity index is 2.57. The molecule has 1 rings (SSSR count). The van der Waals surface area contributed by atoms with E-state index in [0.717, 1.165) is 12.7 Å². The van der Waals surface area contributed by atoms with E-state index >= 15 is 0 Å². The zero-order chi connectivity index (χ0) is 22.7. The lowest BCUT2D eigenvalue weighted by Gasteiger charge is -2.31. The maximum Gasteiger partial charge on any atom is 0.337 e. The SMILES string of the molecule is CCC[C@@H](C[C@H](C[C@H](C)CC=O)OC)OC(=O)C[C@H](O)CC1=CC(=O)OC(C)(C)O1. The molecule has 8 nitrogen and oxygen atoms in total. The molecule has 0 spiro atoms. The molecular formula is C22H36O8. The van der Waals surface area contributed by atoms with Crippen molar-refractivity contribution >= 4 is 18.2 Å². The van der Waals surface area contributed by atoms with Crippen LogP contribution in [0, 0.1) is 5.92 Å². The van der Waals surface area contributed by atoms with Gasteiger partial charge < -0.3 is 28.8 Å². The first kappa shape index (κ1) is 26.1. The Bertz CT molecular complexity index is 598. The van der Waals surface area contributed by atoms with Crippen LogP contribution in [0.1, 0.15) is 72.6 Å². The fraction of sp³-hybridized carbons (Fsp3) is 0.773. The van der Waals surface area contributed by atoms with E-state index in [4.69, 9.17) is 18.9 Å². The molecule has 0 aliphatic carbocycles. The van der Waals surface area contributed by atoms with Gasteiger partial charge in [0.1, 0.15) is 18.1 Å². The minimum Gasteiger partial charge on any atom is -0.462 e. The zero-order valence-corrected chi connectivity index (χ0v) is 18.7. The number of aliphatic hydroxyl groups excluding tert-OH is 1. The second-order valence-corrected chi connectivity index (χ2v) is 8.33. The smallest absolute Gasteiger partial charge is 0.337 e. The molecule has 1 aliphatic rings. The van der Waals surface area contributed by atoms with E-state index in [-0.39, 0.29) is 36.7 Å². The molecule has 30 heavy (non-hydrogen) atoms. The Hall–Kier alpha value is -1.93. The van der Waals surface area contributed by atoms with Crippen LogP contribution >= 0.6 is 0 Å². The summed E-state index contributed by atoms with van der Waals surface area (Å²) in [5.41, 5.74) is 0. The third-order valence-corrected chi connectivity index (χ3v) is 4.77. The lowest BCUT2D eigenvalue weighted by molar-refractivity contribution is -0.206. The van der Waals surface area contributed by atoms with Crippen molar-refractivity contribution in [3.63, 3.8) is 0 Å². The van der Waals surface area contributed by atoms with Crippen molar-refractivity contribution in [1.29, 1.82) is 0 Å². The quantitative estimate of drug-likeness (QED) is 0.332. The van der Waals surface area contributed by atoms with Crippen LogP contribution in [-0.2, 0) is 33.3 Å². The Morgan fingerprint density at radius 1 is 1.27 bits per heavy atom. The van der Waals surface area contributed by atoms with Gasteiger partial charge in [0.25, 0.3) is 0 Å². The van der Waals surface area contributed by atoms with Crippen LogP contribution in [0.5, 0.6) is 0 Å². The van der Waals surface area contributed by atoms with Gasteiger partial charge in [0.05, 0.1) is 24.7 Å². The number of hydrogen-bond donors (Lipinski definition) is 1. The second kappa shape index (κ2) is 12.7. The third kappa shape index (κ3) is 10.2. The molecule has 8 heteroatoms. The molecule has 4 atom stereocenters. The van der Waals surface area contributed by atoms with Crippen molar-refractivity contribution in [3.05, 3.63) is 11.8 Å². The summed E-state index contributed by atoms with van der Waals surface area (Å²) < 4.78 is 21.6. The maximum atomic E-state index is 12.3. The van der Waals surface area contributed by atoms with Gasteiger partial charge in [-0.25, -0.2) is 4.79 Å². The van der Waals surface area contributed by atoms with E-state index in [2.05, 4.69) is 0 Å². The average molecular weight is 429 g/mol. The molecular weight excluding hydrogens is 392 g/mol. The van der Waals surface area contributed by atoms with Crippen LogP contribution in [0.15, 0.2) is 11.8 Å². The monoisotopic (exact) mass is 428 g/mol. The summed E-state index contributed by atoms with van der Waals surface area (Å²) in [6, 6.07) is 0. The number of ether oxygens (including phenoxy) is 4. The van der Waals surface area contributed by atoms with Crippen LogP contribution in [-0.4, -0.2) is 54.5 Å². The minimum atomic E-state index is -1.11. The summed E-state index contributed by atoms with van der Waals surface area (Å²) in [6.07, 6.45) is 3.58. The fourth-order valence-electron chi connectivity index (χ4n) is 3.44. The number of cyclic esters (lactones) is 1. The zero-order valence-electron chi connectivity index (χ0n) is 18.7. The van der Waals surface area contributed by atoms with Crippen LogP contribution in [0.3, 0.4) is 0 Å². The first-order valence-corrected chi connectivity index (χ1v) is 10.5. The highest BCUT2D eigenvalue weighted by Crippen LogP contribution is 2.25. The number of carbonyl (C=O) groups excluding carboxylic acids is 3. The molecule has 0 saturated heterocycles. The second-order valence-electron chi connectivity index (χ2n) is 8.33. The van der Waals surface area contributed by atoms with Crippen molar-refractivity contribution < 1.29 is 38.4 Å². The predicted octanol–water partition coefficient (Wildman–Crippen LogP) is 3.05. The Labute approximate surface area is 178 Å². The number of esters is 2. The number of hydrogen-bond acceptors (Lipinski definition) is 8. The Morgan fingerprint density at radius 2 is 1.97 bits per heavy atom.